The normalized spacial score (nSPS) is 21.9. The highest BCUT2D eigenvalue weighted by Crippen LogP contribution is 2.44. The Balaban J connectivity index is 1.96. The van der Waals surface area contributed by atoms with Crippen molar-refractivity contribution in [3.05, 3.63) is 48.5 Å². The van der Waals surface area contributed by atoms with Crippen molar-refractivity contribution in [2.24, 2.45) is 0 Å². The quantitative estimate of drug-likeness (QED) is 0.714. The zero-order valence-corrected chi connectivity index (χ0v) is 14.2. The molecule has 2 aromatic rings. The third kappa shape index (κ3) is 2.61. The van der Waals surface area contributed by atoms with Crippen molar-refractivity contribution in [3.8, 4) is 5.75 Å². The summed E-state index contributed by atoms with van der Waals surface area (Å²) >= 11 is 8.67. The second-order valence-electron chi connectivity index (χ2n) is 4.59. The van der Waals surface area contributed by atoms with Crippen molar-refractivity contribution in [3.63, 3.8) is 0 Å². The molecule has 0 fully saturated rings. The average Bonchev–Trinajstić information content (AvgIpc) is 2.69. The number of aliphatic hydroxyl groups excluding tert-OH is 1. The molecule has 3 rings (SSSR count). The maximum atomic E-state index is 10.3. The molecule has 0 saturated carbocycles. The molecule has 0 radical (unpaired) electrons. The average molecular weight is 404 g/mol. The second-order valence-corrected chi connectivity index (χ2v) is 7.65. The summed E-state index contributed by atoms with van der Waals surface area (Å²) in [7, 11) is 0. The van der Waals surface area contributed by atoms with Gasteiger partial charge in [-0.15, -0.1) is 11.3 Å². The Morgan fingerprint density at radius 1 is 1.32 bits per heavy atom. The summed E-state index contributed by atoms with van der Waals surface area (Å²) in [4.78, 5) is 2.38. The molecule has 5 heteroatoms. The van der Waals surface area contributed by atoms with Crippen LogP contribution in [0.1, 0.15) is 33.9 Å². The third-order valence-corrected chi connectivity index (χ3v) is 5.96. The van der Waals surface area contributed by atoms with E-state index >= 15 is 0 Å². The molecule has 0 aliphatic carbocycles. The van der Waals surface area contributed by atoms with Gasteiger partial charge in [0.25, 0.3) is 0 Å². The first-order chi connectivity index (χ1) is 9.04. The SMILES string of the molecule is Cc1sc(C2C[C@@H](O)c3ccc(Br)cc3O2)cc1Br. The second kappa shape index (κ2) is 5.20. The predicted molar refractivity (Wildman–Crippen MR) is 83.8 cm³/mol. The number of hydrogen-bond acceptors (Lipinski definition) is 3. The largest absolute Gasteiger partial charge is 0.484 e. The van der Waals surface area contributed by atoms with Gasteiger partial charge < -0.3 is 9.84 Å². The lowest BCUT2D eigenvalue weighted by atomic mass is 9.98. The lowest BCUT2D eigenvalue weighted by molar-refractivity contribution is 0.0673. The maximum Gasteiger partial charge on any atom is 0.136 e. The topological polar surface area (TPSA) is 29.5 Å². The van der Waals surface area contributed by atoms with Crippen molar-refractivity contribution in [2.45, 2.75) is 25.6 Å². The fraction of sp³-hybridized carbons (Fsp3) is 0.286. The van der Waals surface area contributed by atoms with E-state index in [-0.39, 0.29) is 6.10 Å². The van der Waals surface area contributed by atoms with Gasteiger partial charge >= 0.3 is 0 Å². The molecule has 0 bridgehead atoms. The molecule has 0 spiro atoms. The molecule has 100 valence electrons. The van der Waals surface area contributed by atoms with E-state index in [2.05, 4.69) is 44.8 Å². The van der Waals surface area contributed by atoms with Gasteiger partial charge in [-0.25, -0.2) is 0 Å². The van der Waals surface area contributed by atoms with Crippen molar-refractivity contribution in [1.82, 2.24) is 0 Å². The van der Waals surface area contributed by atoms with Crippen LogP contribution >= 0.6 is 43.2 Å². The minimum atomic E-state index is -0.469. The lowest BCUT2D eigenvalue weighted by Crippen LogP contribution is -2.18. The Morgan fingerprint density at radius 2 is 2.11 bits per heavy atom. The number of aryl methyl sites for hydroxylation is 1. The number of thiophene rings is 1. The smallest absolute Gasteiger partial charge is 0.136 e. The third-order valence-electron chi connectivity index (χ3n) is 3.23. The van der Waals surface area contributed by atoms with E-state index in [1.807, 2.05) is 18.2 Å². The molecule has 1 aliphatic heterocycles. The highest BCUT2D eigenvalue weighted by molar-refractivity contribution is 9.10. The number of rotatable bonds is 1. The van der Waals surface area contributed by atoms with Crippen molar-refractivity contribution >= 4 is 43.2 Å². The summed E-state index contributed by atoms with van der Waals surface area (Å²) in [5.41, 5.74) is 0.867. The van der Waals surface area contributed by atoms with E-state index in [0.717, 1.165) is 25.1 Å². The van der Waals surface area contributed by atoms with Gasteiger partial charge in [-0.2, -0.15) is 0 Å². The number of ether oxygens (including phenoxy) is 1. The first-order valence-corrected chi connectivity index (χ1v) is 8.35. The highest BCUT2D eigenvalue weighted by atomic mass is 79.9. The highest BCUT2D eigenvalue weighted by Gasteiger charge is 2.29. The summed E-state index contributed by atoms with van der Waals surface area (Å²) in [6, 6.07) is 7.84. The van der Waals surface area contributed by atoms with Crippen LogP contribution in [0.2, 0.25) is 0 Å². The monoisotopic (exact) mass is 402 g/mol. The number of hydrogen-bond donors (Lipinski definition) is 1. The zero-order chi connectivity index (χ0) is 13.6. The van der Waals surface area contributed by atoms with Crippen LogP contribution in [0.5, 0.6) is 5.75 Å². The Kier molecular flexibility index (Phi) is 3.73. The molecule has 2 nitrogen and oxygen atoms in total. The molecule has 1 aromatic carbocycles. The minimum absolute atomic E-state index is 0.0770. The van der Waals surface area contributed by atoms with Crippen LogP contribution in [0.4, 0.5) is 0 Å². The van der Waals surface area contributed by atoms with Crippen molar-refractivity contribution in [2.75, 3.05) is 0 Å². The number of halogens is 2. The van der Waals surface area contributed by atoms with Crippen LogP contribution in [0, 0.1) is 6.92 Å². The van der Waals surface area contributed by atoms with E-state index < -0.39 is 6.10 Å². The minimum Gasteiger partial charge on any atom is -0.484 e. The van der Waals surface area contributed by atoms with Gasteiger partial charge in [0.1, 0.15) is 11.9 Å². The molecule has 2 atom stereocenters. The molecule has 1 aromatic heterocycles. The molecule has 0 amide bonds. The molecule has 1 N–H and O–H groups in total. The summed E-state index contributed by atoms with van der Waals surface area (Å²) < 4.78 is 8.10. The van der Waals surface area contributed by atoms with Crippen LogP contribution in [-0.4, -0.2) is 5.11 Å². The van der Waals surface area contributed by atoms with Gasteiger partial charge in [-0.3, -0.25) is 0 Å². The first-order valence-electron chi connectivity index (χ1n) is 5.94. The molecule has 19 heavy (non-hydrogen) atoms. The fourth-order valence-electron chi connectivity index (χ4n) is 2.23. The Hall–Kier alpha value is -0.360. The Morgan fingerprint density at radius 3 is 2.79 bits per heavy atom. The van der Waals surface area contributed by atoms with E-state index in [0.29, 0.717) is 6.42 Å². The van der Waals surface area contributed by atoms with Gasteiger partial charge in [0.05, 0.1) is 6.10 Å². The van der Waals surface area contributed by atoms with E-state index in [4.69, 9.17) is 4.74 Å². The molecule has 0 saturated heterocycles. The van der Waals surface area contributed by atoms with Crippen molar-refractivity contribution in [1.29, 1.82) is 0 Å². The summed E-state index contributed by atoms with van der Waals surface area (Å²) in [6.07, 6.45) is 0.0518. The molecular formula is C14H12Br2O2S. The lowest BCUT2D eigenvalue weighted by Gasteiger charge is -2.29. The van der Waals surface area contributed by atoms with E-state index in [9.17, 15) is 5.11 Å². The van der Waals surface area contributed by atoms with Gasteiger partial charge in [-0.1, -0.05) is 22.0 Å². The summed E-state index contributed by atoms with van der Waals surface area (Å²) in [5.74, 6) is 0.764. The fourth-order valence-corrected chi connectivity index (χ4v) is 4.17. The zero-order valence-electron chi connectivity index (χ0n) is 10.2. The van der Waals surface area contributed by atoms with Crippen LogP contribution in [-0.2, 0) is 0 Å². The molecular weight excluding hydrogens is 392 g/mol. The first kappa shape index (κ1) is 13.6. The van der Waals surface area contributed by atoms with Gasteiger partial charge in [-0.05, 0) is 41.1 Å². The number of fused-ring (bicyclic) bond motifs is 1. The maximum absolute atomic E-state index is 10.3. The van der Waals surface area contributed by atoms with Crippen LogP contribution in [0.3, 0.4) is 0 Å². The van der Waals surface area contributed by atoms with Gasteiger partial charge in [0.2, 0.25) is 0 Å². The van der Waals surface area contributed by atoms with Gasteiger partial charge in [0.15, 0.2) is 0 Å². The van der Waals surface area contributed by atoms with Crippen LogP contribution in [0.25, 0.3) is 0 Å². The molecule has 1 aliphatic rings. The summed E-state index contributed by atoms with van der Waals surface area (Å²) in [5, 5.41) is 10.3. The molecule has 2 heterocycles. The van der Waals surface area contributed by atoms with Crippen LogP contribution < -0.4 is 4.74 Å². The standard InChI is InChI=1S/C14H12Br2O2S/c1-7-10(16)5-14(19-7)13-6-11(17)9-3-2-8(15)4-12(9)18-13/h2-5,11,13,17H,6H2,1H3/t11-,13?/m1/s1. The van der Waals surface area contributed by atoms with Crippen LogP contribution in [0.15, 0.2) is 33.2 Å². The Bertz CT molecular complexity index is 604. The van der Waals surface area contributed by atoms with Crippen molar-refractivity contribution < 1.29 is 9.84 Å². The Labute approximate surface area is 132 Å². The summed E-state index contributed by atoms with van der Waals surface area (Å²) in [6.45, 7) is 2.07. The molecule has 1 unspecified atom stereocenters. The number of benzene rings is 1. The predicted octanol–water partition coefficient (Wildman–Crippen LogP) is 5.14. The van der Waals surface area contributed by atoms with E-state index in [1.165, 1.54) is 4.88 Å². The number of aliphatic hydroxyl groups is 1. The van der Waals surface area contributed by atoms with Gasteiger partial charge in [0, 0.05) is 30.7 Å². The van der Waals surface area contributed by atoms with E-state index in [1.54, 1.807) is 11.3 Å².